The molecule has 0 aromatic heterocycles. The Morgan fingerprint density at radius 3 is 2.22 bits per heavy atom. The van der Waals surface area contributed by atoms with Crippen molar-refractivity contribution in [1.82, 2.24) is 5.32 Å². The monoisotopic (exact) mass is 379 g/mol. The highest BCUT2D eigenvalue weighted by atomic mass is 16.6. The number of methoxy groups -OCH3 is 1. The number of hydrogen-bond donors (Lipinski definition) is 1. The van der Waals surface area contributed by atoms with Crippen molar-refractivity contribution in [2.24, 2.45) is 5.92 Å². The molecule has 0 spiro atoms. The van der Waals surface area contributed by atoms with Crippen LogP contribution in [0.1, 0.15) is 37.6 Å². The molecule has 0 fully saturated rings. The number of benzene rings is 1. The minimum atomic E-state index is -0.803. The Kier molecular flexibility index (Phi) is 8.98. The van der Waals surface area contributed by atoms with E-state index in [2.05, 4.69) is 10.1 Å². The minimum Gasteiger partial charge on any atom is -0.482 e. The Labute approximate surface area is 158 Å². The highest BCUT2D eigenvalue weighted by molar-refractivity contribution is 5.94. The van der Waals surface area contributed by atoms with Crippen molar-refractivity contribution < 1.29 is 33.4 Å². The fourth-order valence-corrected chi connectivity index (χ4v) is 2.13. The smallest absolute Gasteiger partial charge is 0.344 e. The van der Waals surface area contributed by atoms with Crippen molar-refractivity contribution in [2.75, 3.05) is 20.3 Å². The van der Waals surface area contributed by atoms with Crippen LogP contribution in [0.15, 0.2) is 24.3 Å². The molecule has 1 amide bonds. The fourth-order valence-electron chi connectivity index (χ4n) is 2.13. The summed E-state index contributed by atoms with van der Waals surface area (Å²) in [4.78, 5) is 46.5. The average Bonchev–Trinajstić information content (AvgIpc) is 2.67. The molecule has 2 atom stereocenters. The van der Waals surface area contributed by atoms with Crippen molar-refractivity contribution >= 4 is 23.6 Å². The molecule has 0 aliphatic heterocycles. The van der Waals surface area contributed by atoms with Gasteiger partial charge in [0, 0.05) is 5.56 Å². The fraction of sp³-hybridized carbons (Fsp3) is 0.474. The molecule has 1 rings (SSSR count). The van der Waals surface area contributed by atoms with Gasteiger partial charge >= 0.3 is 11.9 Å². The molecular weight excluding hydrogens is 354 g/mol. The Morgan fingerprint density at radius 1 is 1.07 bits per heavy atom. The Hall–Kier alpha value is -2.90. The normalized spacial score (nSPS) is 12.4. The van der Waals surface area contributed by atoms with Gasteiger partial charge in [-0.05, 0) is 37.1 Å². The summed E-state index contributed by atoms with van der Waals surface area (Å²) in [7, 11) is 1.24. The van der Waals surface area contributed by atoms with Crippen molar-refractivity contribution in [3.63, 3.8) is 0 Å². The largest absolute Gasteiger partial charge is 0.482 e. The molecule has 0 aliphatic carbocycles. The van der Waals surface area contributed by atoms with Gasteiger partial charge in [0.15, 0.2) is 19.0 Å². The molecule has 0 saturated heterocycles. The van der Waals surface area contributed by atoms with E-state index in [1.165, 1.54) is 14.0 Å². The average molecular weight is 379 g/mol. The molecule has 8 heteroatoms. The summed E-state index contributed by atoms with van der Waals surface area (Å²) in [6.07, 6.45) is 0.663. The van der Waals surface area contributed by atoms with E-state index in [1.807, 2.05) is 6.92 Å². The van der Waals surface area contributed by atoms with Gasteiger partial charge in [0.25, 0.3) is 5.91 Å². The molecule has 0 aliphatic rings. The van der Waals surface area contributed by atoms with Gasteiger partial charge in [-0.1, -0.05) is 20.3 Å². The van der Waals surface area contributed by atoms with E-state index in [-0.39, 0.29) is 11.7 Å². The zero-order valence-electron chi connectivity index (χ0n) is 15.9. The zero-order chi connectivity index (χ0) is 20.4. The minimum absolute atomic E-state index is 0.0744. The van der Waals surface area contributed by atoms with Crippen molar-refractivity contribution in [3.05, 3.63) is 29.8 Å². The van der Waals surface area contributed by atoms with Gasteiger partial charge in [0.1, 0.15) is 11.8 Å². The first-order valence-electron chi connectivity index (χ1n) is 8.55. The standard InChI is InChI=1S/C19H25NO7/c1-5-12(2)18(19(24)25-4)20-16(22)10-27-17(23)11-26-15-8-6-14(7-9-15)13(3)21/h6-9,12,18H,5,10-11H2,1-4H3,(H,20,22)/t12-,18-/m1/s1. The van der Waals surface area contributed by atoms with E-state index < -0.39 is 37.1 Å². The van der Waals surface area contributed by atoms with E-state index in [4.69, 9.17) is 9.47 Å². The summed E-state index contributed by atoms with van der Waals surface area (Å²) in [6.45, 7) is 4.21. The first kappa shape index (κ1) is 22.1. The van der Waals surface area contributed by atoms with Crippen LogP contribution in [0.3, 0.4) is 0 Å². The molecule has 8 nitrogen and oxygen atoms in total. The maximum absolute atomic E-state index is 11.9. The SMILES string of the molecule is CC[C@@H](C)[C@@H](NC(=O)COC(=O)COc1ccc(C(C)=O)cc1)C(=O)OC. The number of Topliss-reactive ketones (excluding diaryl/α,β-unsaturated/α-hetero) is 1. The van der Waals surface area contributed by atoms with Gasteiger partial charge in [-0.2, -0.15) is 0 Å². The Bertz CT molecular complexity index is 669. The summed E-state index contributed by atoms with van der Waals surface area (Å²) in [5, 5.41) is 2.50. The van der Waals surface area contributed by atoms with E-state index >= 15 is 0 Å². The second-order valence-corrected chi connectivity index (χ2v) is 5.98. The topological polar surface area (TPSA) is 108 Å². The molecule has 1 N–H and O–H groups in total. The molecule has 1 aromatic rings. The molecule has 0 heterocycles. The lowest BCUT2D eigenvalue weighted by Crippen LogP contribution is -2.47. The second-order valence-electron chi connectivity index (χ2n) is 5.98. The molecular formula is C19H25NO7. The number of amides is 1. The van der Waals surface area contributed by atoms with Crippen LogP contribution in [0.2, 0.25) is 0 Å². The predicted molar refractivity (Wildman–Crippen MR) is 96.3 cm³/mol. The number of carbonyl (C=O) groups is 4. The predicted octanol–water partition coefficient (Wildman–Crippen LogP) is 1.52. The summed E-state index contributed by atoms with van der Waals surface area (Å²) in [5.74, 6) is -1.71. The molecule has 0 saturated carbocycles. The molecule has 0 bridgehead atoms. The van der Waals surface area contributed by atoms with E-state index in [0.29, 0.717) is 17.7 Å². The highest BCUT2D eigenvalue weighted by Crippen LogP contribution is 2.12. The van der Waals surface area contributed by atoms with Crippen molar-refractivity contribution in [3.8, 4) is 5.75 Å². The van der Waals surface area contributed by atoms with Crippen LogP contribution < -0.4 is 10.1 Å². The molecule has 0 unspecified atom stereocenters. The van der Waals surface area contributed by atoms with Gasteiger partial charge in [-0.15, -0.1) is 0 Å². The maximum Gasteiger partial charge on any atom is 0.344 e. The van der Waals surface area contributed by atoms with E-state index in [1.54, 1.807) is 31.2 Å². The maximum atomic E-state index is 11.9. The second kappa shape index (κ2) is 10.9. The molecule has 27 heavy (non-hydrogen) atoms. The van der Waals surface area contributed by atoms with Crippen LogP contribution in [0.4, 0.5) is 0 Å². The third-order valence-electron chi connectivity index (χ3n) is 3.97. The summed E-state index contributed by atoms with van der Waals surface area (Å²) >= 11 is 0. The van der Waals surface area contributed by atoms with E-state index in [0.717, 1.165) is 0 Å². The number of carbonyl (C=O) groups excluding carboxylic acids is 4. The van der Waals surface area contributed by atoms with Gasteiger partial charge < -0.3 is 19.5 Å². The van der Waals surface area contributed by atoms with Crippen LogP contribution in [0.25, 0.3) is 0 Å². The molecule has 1 aromatic carbocycles. The summed E-state index contributed by atoms with van der Waals surface area (Å²) in [5.41, 5.74) is 0.531. The number of nitrogens with one attached hydrogen (secondary N) is 1. The van der Waals surface area contributed by atoms with Gasteiger partial charge in [-0.25, -0.2) is 9.59 Å². The van der Waals surface area contributed by atoms with Gasteiger partial charge in [0.2, 0.25) is 0 Å². The third-order valence-corrected chi connectivity index (χ3v) is 3.97. The highest BCUT2D eigenvalue weighted by Gasteiger charge is 2.26. The molecule has 0 radical (unpaired) electrons. The number of ketones is 1. The lowest BCUT2D eigenvalue weighted by Gasteiger charge is -2.21. The summed E-state index contributed by atoms with van der Waals surface area (Å²) in [6, 6.07) is 5.48. The number of rotatable bonds is 10. The van der Waals surface area contributed by atoms with E-state index in [9.17, 15) is 19.2 Å². The Balaban J connectivity index is 2.43. The molecule has 148 valence electrons. The van der Waals surface area contributed by atoms with Gasteiger partial charge in [0.05, 0.1) is 7.11 Å². The lowest BCUT2D eigenvalue weighted by atomic mass is 9.99. The first-order valence-corrected chi connectivity index (χ1v) is 8.55. The quantitative estimate of drug-likeness (QED) is 0.485. The number of hydrogen-bond acceptors (Lipinski definition) is 7. The van der Waals surface area contributed by atoms with Crippen molar-refractivity contribution in [1.29, 1.82) is 0 Å². The lowest BCUT2D eigenvalue weighted by molar-refractivity contribution is -0.152. The van der Waals surface area contributed by atoms with Crippen LogP contribution >= 0.6 is 0 Å². The van der Waals surface area contributed by atoms with Crippen LogP contribution in [-0.2, 0) is 23.9 Å². The third kappa shape index (κ3) is 7.47. The number of ether oxygens (including phenoxy) is 3. The Morgan fingerprint density at radius 2 is 1.70 bits per heavy atom. The van der Waals surface area contributed by atoms with Gasteiger partial charge in [-0.3, -0.25) is 9.59 Å². The number of esters is 2. The zero-order valence-corrected chi connectivity index (χ0v) is 15.9. The van der Waals surface area contributed by atoms with Crippen LogP contribution in [0.5, 0.6) is 5.75 Å². The van der Waals surface area contributed by atoms with Crippen LogP contribution in [-0.4, -0.2) is 50.0 Å². The summed E-state index contributed by atoms with van der Waals surface area (Å²) < 4.78 is 14.7. The van der Waals surface area contributed by atoms with Crippen molar-refractivity contribution in [2.45, 2.75) is 33.2 Å². The van der Waals surface area contributed by atoms with Crippen LogP contribution in [0, 0.1) is 5.92 Å². The first-order chi connectivity index (χ1) is 12.8.